The minimum Gasteiger partial charge on any atom is -0.336 e. The van der Waals surface area contributed by atoms with Crippen molar-refractivity contribution in [2.75, 3.05) is 13.1 Å². The molecule has 0 bridgehead atoms. The standard InChI is InChI=1S/C18H19N5OS/c1-12-17(25-13(2)21-12)18(24)22-7-5-16-20-11-15(23(16)9-8-22)14-4-3-6-19-10-14/h3-4,6,10-11H,5,7-9H2,1-2H3. The Bertz CT molecular complexity index is 915. The van der Waals surface area contributed by atoms with Crippen LogP contribution in [0.25, 0.3) is 11.3 Å². The molecular formula is C18H19N5OS. The second-order valence-corrected chi connectivity index (χ2v) is 7.35. The van der Waals surface area contributed by atoms with Gasteiger partial charge in [-0.3, -0.25) is 9.78 Å². The van der Waals surface area contributed by atoms with Gasteiger partial charge in [0.1, 0.15) is 10.7 Å². The van der Waals surface area contributed by atoms with Gasteiger partial charge < -0.3 is 9.47 Å². The molecule has 0 atom stereocenters. The Morgan fingerprint density at radius 2 is 2.08 bits per heavy atom. The zero-order valence-electron chi connectivity index (χ0n) is 14.3. The zero-order valence-corrected chi connectivity index (χ0v) is 15.1. The van der Waals surface area contributed by atoms with Crippen molar-refractivity contribution in [1.82, 2.24) is 24.4 Å². The lowest BCUT2D eigenvalue weighted by Gasteiger charge is -2.19. The Kier molecular flexibility index (Phi) is 4.09. The first-order valence-corrected chi connectivity index (χ1v) is 9.13. The number of fused-ring (bicyclic) bond motifs is 1. The van der Waals surface area contributed by atoms with Crippen molar-refractivity contribution >= 4 is 17.2 Å². The number of carbonyl (C=O) groups is 1. The predicted octanol–water partition coefficient (Wildman–Crippen LogP) is 2.72. The highest BCUT2D eigenvalue weighted by atomic mass is 32.1. The van der Waals surface area contributed by atoms with E-state index in [9.17, 15) is 4.79 Å². The van der Waals surface area contributed by atoms with Crippen molar-refractivity contribution in [2.45, 2.75) is 26.8 Å². The summed E-state index contributed by atoms with van der Waals surface area (Å²) in [7, 11) is 0. The molecule has 0 radical (unpaired) electrons. The van der Waals surface area contributed by atoms with Gasteiger partial charge in [-0.1, -0.05) is 0 Å². The third-order valence-electron chi connectivity index (χ3n) is 4.48. The smallest absolute Gasteiger partial charge is 0.265 e. The van der Waals surface area contributed by atoms with E-state index in [4.69, 9.17) is 0 Å². The summed E-state index contributed by atoms with van der Waals surface area (Å²) in [5.74, 6) is 1.10. The van der Waals surface area contributed by atoms with Gasteiger partial charge in [0.05, 0.1) is 22.6 Å². The molecule has 25 heavy (non-hydrogen) atoms. The molecule has 0 N–H and O–H groups in total. The number of nitrogens with zero attached hydrogens (tertiary/aromatic N) is 5. The number of rotatable bonds is 2. The van der Waals surface area contributed by atoms with Gasteiger partial charge in [0.15, 0.2) is 0 Å². The summed E-state index contributed by atoms with van der Waals surface area (Å²) in [4.78, 5) is 28.7. The number of hydrogen-bond donors (Lipinski definition) is 0. The fraction of sp³-hybridized carbons (Fsp3) is 0.333. The number of carbonyl (C=O) groups excluding carboxylic acids is 1. The lowest BCUT2D eigenvalue weighted by atomic mass is 10.2. The molecule has 0 saturated carbocycles. The maximum Gasteiger partial charge on any atom is 0.265 e. The predicted molar refractivity (Wildman–Crippen MR) is 96.7 cm³/mol. The number of aromatic nitrogens is 4. The maximum atomic E-state index is 12.9. The van der Waals surface area contributed by atoms with E-state index >= 15 is 0 Å². The molecule has 1 aliphatic rings. The molecule has 1 amide bonds. The number of imidazole rings is 1. The number of thiazole rings is 1. The lowest BCUT2D eigenvalue weighted by Crippen LogP contribution is -2.33. The fourth-order valence-corrected chi connectivity index (χ4v) is 4.14. The second kappa shape index (κ2) is 6.40. The van der Waals surface area contributed by atoms with Crippen molar-refractivity contribution in [2.24, 2.45) is 0 Å². The van der Waals surface area contributed by atoms with Crippen LogP contribution in [0.15, 0.2) is 30.7 Å². The summed E-state index contributed by atoms with van der Waals surface area (Å²) >= 11 is 1.48. The first-order chi connectivity index (χ1) is 12.1. The molecule has 128 valence electrons. The van der Waals surface area contributed by atoms with Crippen LogP contribution in [-0.4, -0.2) is 43.4 Å². The molecule has 0 fully saturated rings. The molecule has 0 saturated heterocycles. The Labute approximate surface area is 150 Å². The first kappa shape index (κ1) is 16.0. The molecule has 0 aliphatic carbocycles. The molecule has 0 unspecified atom stereocenters. The van der Waals surface area contributed by atoms with Crippen LogP contribution in [0.5, 0.6) is 0 Å². The van der Waals surface area contributed by atoms with Gasteiger partial charge in [-0.2, -0.15) is 0 Å². The molecule has 4 heterocycles. The van der Waals surface area contributed by atoms with Crippen molar-refractivity contribution in [3.8, 4) is 11.3 Å². The highest BCUT2D eigenvalue weighted by Gasteiger charge is 2.24. The highest BCUT2D eigenvalue weighted by Crippen LogP contribution is 2.24. The van der Waals surface area contributed by atoms with Crippen LogP contribution in [0, 0.1) is 13.8 Å². The molecule has 6 nitrogen and oxygen atoms in total. The minimum atomic E-state index is 0.0804. The van der Waals surface area contributed by atoms with Crippen LogP contribution in [0.2, 0.25) is 0 Å². The summed E-state index contributed by atoms with van der Waals surface area (Å²) in [6, 6.07) is 3.96. The van der Waals surface area contributed by atoms with E-state index in [1.165, 1.54) is 11.3 Å². The lowest BCUT2D eigenvalue weighted by molar-refractivity contribution is 0.0763. The van der Waals surface area contributed by atoms with E-state index < -0.39 is 0 Å². The maximum absolute atomic E-state index is 12.9. The van der Waals surface area contributed by atoms with Gasteiger partial charge in [-0.25, -0.2) is 9.97 Å². The van der Waals surface area contributed by atoms with E-state index in [2.05, 4.69) is 19.5 Å². The van der Waals surface area contributed by atoms with Crippen molar-refractivity contribution in [3.05, 3.63) is 52.1 Å². The minimum absolute atomic E-state index is 0.0804. The van der Waals surface area contributed by atoms with Gasteiger partial charge in [-0.15, -0.1) is 11.3 Å². The Morgan fingerprint density at radius 1 is 1.20 bits per heavy atom. The average Bonchev–Trinajstić information content (AvgIpc) is 3.11. The Morgan fingerprint density at radius 3 is 2.80 bits per heavy atom. The zero-order chi connectivity index (χ0) is 17.4. The molecule has 7 heteroatoms. The SMILES string of the molecule is Cc1nc(C)c(C(=O)N2CCc3ncc(-c4cccnc4)n3CC2)s1. The van der Waals surface area contributed by atoms with Crippen LogP contribution < -0.4 is 0 Å². The summed E-state index contributed by atoms with van der Waals surface area (Å²) < 4.78 is 2.20. The summed E-state index contributed by atoms with van der Waals surface area (Å²) in [5.41, 5.74) is 2.93. The van der Waals surface area contributed by atoms with Crippen molar-refractivity contribution in [3.63, 3.8) is 0 Å². The van der Waals surface area contributed by atoms with E-state index in [0.29, 0.717) is 13.1 Å². The fourth-order valence-electron chi connectivity index (χ4n) is 3.25. The van der Waals surface area contributed by atoms with E-state index in [1.54, 1.807) is 6.20 Å². The van der Waals surface area contributed by atoms with Gasteiger partial charge in [-0.05, 0) is 26.0 Å². The van der Waals surface area contributed by atoms with Crippen LogP contribution >= 0.6 is 11.3 Å². The monoisotopic (exact) mass is 353 g/mol. The van der Waals surface area contributed by atoms with Crippen molar-refractivity contribution in [1.29, 1.82) is 0 Å². The molecule has 3 aromatic heterocycles. The van der Waals surface area contributed by atoms with Gasteiger partial charge in [0, 0.05) is 44.0 Å². The largest absolute Gasteiger partial charge is 0.336 e. The Hall–Kier alpha value is -2.54. The third kappa shape index (κ3) is 2.95. The van der Waals surface area contributed by atoms with E-state index in [0.717, 1.165) is 45.6 Å². The number of aryl methyl sites for hydroxylation is 2. The van der Waals surface area contributed by atoms with Gasteiger partial charge in [0.2, 0.25) is 0 Å². The first-order valence-electron chi connectivity index (χ1n) is 8.31. The number of hydrogen-bond acceptors (Lipinski definition) is 5. The average molecular weight is 353 g/mol. The third-order valence-corrected chi connectivity index (χ3v) is 5.54. The molecule has 4 rings (SSSR count). The topological polar surface area (TPSA) is 63.9 Å². The second-order valence-electron chi connectivity index (χ2n) is 6.14. The van der Waals surface area contributed by atoms with Crippen LogP contribution in [0.4, 0.5) is 0 Å². The molecule has 3 aromatic rings. The normalized spacial score (nSPS) is 14.2. The molecule has 1 aliphatic heterocycles. The number of pyridine rings is 1. The van der Waals surface area contributed by atoms with Crippen LogP contribution in [0.3, 0.4) is 0 Å². The van der Waals surface area contributed by atoms with Gasteiger partial charge in [0.25, 0.3) is 5.91 Å². The van der Waals surface area contributed by atoms with Crippen molar-refractivity contribution < 1.29 is 4.79 Å². The van der Waals surface area contributed by atoms with E-state index in [1.807, 2.05) is 43.3 Å². The van der Waals surface area contributed by atoms with Crippen LogP contribution in [0.1, 0.15) is 26.2 Å². The van der Waals surface area contributed by atoms with E-state index in [-0.39, 0.29) is 5.91 Å². The van der Waals surface area contributed by atoms with Crippen LogP contribution in [-0.2, 0) is 13.0 Å². The number of amides is 1. The quantitative estimate of drug-likeness (QED) is 0.711. The highest BCUT2D eigenvalue weighted by molar-refractivity contribution is 7.13. The summed E-state index contributed by atoms with van der Waals surface area (Å²) in [6.45, 7) is 5.93. The molecule has 0 spiro atoms. The molecule has 0 aromatic carbocycles. The summed E-state index contributed by atoms with van der Waals surface area (Å²) in [6.07, 6.45) is 6.27. The Balaban J connectivity index is 1.58. The molecular weight excluding hydrogens is 334 g/mol. The van der Waals surface area contributed by atoms with Gasteiger partial charge >= 0.3 is 0 Å². The summed E-state index contributed by atoms with van der Waals surface area (Å²) in [5, 5.41) is 0.933.